The van der Waals surface area contributed by atoms with Gasteiger partial charge in [0.1, 0.15) is 24.0 Å². The molecule has 10 nitrogen and oxygen atoms in total. The maximum atomic E-state index is 14.1. The Balaban J connectivity index is 1.84. The fraction of sp³-hybridized carbons (Fsp3) is 0.348. The van der Waals surface area contributed by atoms with E-state index in [1.807, 2.05) is 6.07 Å². The first-order valence-electron chi connectivity index (χ1n) is 10.8. The van der Waals surface area contributed by atoms with Crippen molar-refractivity contribution in [2.75, 3.05) is 32.9 Å². The van der Waals surface area contributed by atoms with Crippen molar-refractivity contribution in [2.45, 2.75) is 19.0 Å². The summed E-state index contributed by atoms with van der Waals surface area (Å²) in [6.07, 6.45) is 1.61. The van der Waals surface area contributed by atoms with Crippen LogP contribution in [0.4, 0.5) is 4.39 Å². The minimum absolute atomic E-state index is 0.0116. The average molecular weight is 500 g/mol. The number of aromatic nitrogens is 1. The molecule has 2 aliphatic heterocycles. The second-order valence-corrected chi connectivity index (χ2v) is 8.60. The molecule has 1 fully saturated rings. The zero-order valence-electron chi connectivity index (χ0n) is 18.7. The number of carbonyl (C=O) groups excluding carboxylic acids is 1. The molecule has 2 N–H and O–H groups in total. The summed E-state index contributed by atoms with van der Waals surface area (Å²) in [6.45, 7) is 2.53. The van der Waals surface area contributed by atoms with Gasteiger partial charge in [-0.25, -0.2) is 14.2 Å². The summed E-state index contributed by atoms with van der Waals surface area (Å²) in [5.41, 5.74) is 0.773. The highest BCUT2D eigenvalue weighted by atomic mass is 32.1. The van der Waals surface area contributed by atoms with Crippen molar-refractivity contribution in [2.24, 2.45) is 4.99 Å². The number of carboxylic acids is 1. The van der Waals surface area contributed by atoms with E-state index in [1.165, 1.54) is 23.5 Å². The van der Waals surface area contributed by atoms with E-state index in [0.717, 1.165) is 6.07 Å². The number of thiazole rings is 1. The van der Waals surface area contributed by atoms with Crippen LogP contribution >= 0.6 is 11.3 Å². The molecule has 182 valence electrons. The largest absolute Gasteiger partial charge is 0.480 e. The quantitative estimate of drug-likeness (QED) is 0.547. The zero-order valence-corrected chi connectivity index (χ0v) is 19.5. The van der Waals surface area contributed by atoms with Crippen LogP contribution in [0.3, 0.4) is 0 Å². The zero-order chi connectivity index (χ0) is 24.9. The Labute approximate surface area is 204 Å². The van der Waals surface area contributed by atoms with Crippen LogP contribution in [0, 0.1) is 17.1 Å². The van der Waals surface area contributed by atoms with Crippen molar-refractivity contribution in [3.8, 4) is 6.07 Å². The molecule has 0 bridgehead atoms. The fourth-order valence-electron chi connectivity index (χ4n) is 3.92. The molecule has 0 unspecified atom stereocenters. The van der Waals surface area contributed by atoms with E-state index in [-0.39, 0.29) is 30.9 Å². The fourth-order valence-corrected chi connectivity index (χ4v) is 4.50. The van der Waals surface area contributed by atoms with Gasteiger partial charge in [-0.05, 0) is 24.6 Å². The van der Waals surface area contributed by atoms with Crippen LogP contribution in [0.2, 0.25) is 0 Å². The number of carboxylic acid groups (broad SMARTS) is 1. The van der Waals surface area contributed by atoms with Crippen molar-refractivity contribution < 1.29 is 28.6 Å². The number of aliphatic carboxylic acids is 1. The first-order chi connectivity index (χ1) is 16.9. The minimum atomic E-state index is -1.04. The van der Waals surface area contributed by atoms with Crippen molar-refractivity contribution >= 4 is 29.1 Å². The number of hydrogen-bond donors (Lipinski definition) is 2. The number of halogens is 1. The lowest BCUT2D eigenvalue weighted by Crippen LogP contribution is -2.52. The van der Waals surface area contributed by atoms with E-state index in [4.69, 9.17) is 9.47 Å². The molecule has 0 radical (unpaired) electrons. The molecule has 1 aromatic carbocycles. The maximum absolute atomic E-state index is 14.1. The number of rotatable bonds is 7. The minimum Gasteiger partial charge on any atom is -0.480 e. The summed E-state index contributed by atoms with van der Waals surface area (Å²) >= 11 is 1.33. The summed E-state index contributed by atoms with van der Waals surface area (Å²) in [5.74, 6) is -2.00. The Morgan fingerprint density at radius 3 is 2.97 bits per heavy atom. The molecular formula is C23H22FN5O5S. The van der Waals surface area contributed by atoms with Gasteiger partial charge in [0.2, 0.25) is 0 Å². The lowest BCUT2D eigenvalue weighted by Gasteiger charge is -2.35. The average Bonchev–Trinajstić information content (AvgIpc) is 3.39. The normalized spacial score (nSPS) is 20.5. The number of hydrogen-bond acceptors (Lipinski definition) is 10. The highest BCUT2D eigenvalue weighted by molar-refractivity contribution is 7.11. The number of benzene rings is 1. The molecule has 35 heavy (non-hydrogen) atoms. The van der Waals surface area contributed by atoms with Crippen molar-refractivity contribution in [3.63, 3.8) is 0 Å². The lowest BCUT2D eigenvalue weighted by molar-refractivity contribution is -0.149. The Kier molecular flexibility index (Phi) is 7.50. The van der Waals surface area contributed by atoms with Crippen LogP contribution in [0.1, 0.15) is 29.1 Å². The third-order valence-electron chi connectivity index (χ3n) is 5.57. The van der Waals surface area contributed by atoms with Gasteiger partial charge in [-0.2, -0.15) is 5.26 Å². The monoisotopic (exact) mass is 499 g/mol. The molecule has 3 heterocycles. The Morgan fingerprint density at radius 1 is 1.46 bits per heavy atom. The summed E-state index contributed by atoms with van der Waals surface area (Å²) in [4.78, 5) is 35.7. The first kappa shape index (κ1) is 24.5. The van der Waals surface area contributed by atoms with Crippen LogP contribution in [0.25, 0.3) is 0 Å². The number of esters is 1. The highest BCUT2D eigenvalue weighted by Gasteiger charge is 2.36. The van der Waals surface area contributed by atoms with Gasteiger partial charge in [-0.1, -0.05) is 6.07 Å². The maximum Gasteiger partial charge on any atom is 0.338 e. The highest BCUT2D eigenvalue weighted by Crippen LogP contribution is 2.34. The van der Waals surface area contributed by atoms with Gasteiger partial charge in [0.25, 0.3) is 0 Å². The molecule has 0 amide bonds. The third-order valence-corrected chi connectivity index (χ3v) is 6.35. The molecule has 0 spiro atoms. The molecule has 2 atom stereocenters. The molecule has 0 saturated carbocycles. The molecular weight excluding hydrogens is 477 g/mol. The standard InChI is InChI=1S/C23H22FN5O5S/c1-2-34-23(32)18-16(11-29-6-7-33-12-17(29)22(30)31)27-20(21-26-5-8-35-21)28-19(18)13-3-4-15(24)14(9-13)10-25/h3-5,8-9,17,19H,2,6-7,11-12H2,1H3,(H,27,28)(H,30,31)/t17-,19-/m0/s1. The number of carbonyl (C=O) groups is 2. The number of nitrogens with one attached hydrogen (secondary N) is 1. The van der Waals surface area contributed by atoms with Gasteiger partial charge in [-0.3, -0.25) is 14.7 Å². The molecule has 1 aromatic heterocycles. The van der Waals surface area contributed by atoms with Crippen molar-refractivity contribution in [1.29, 1.82) is 5.26 Å². The number of nitriles is 1. The molecule has 0 aliphatic carbocycles. The summed E-state index contributed by atoms with van der Waals surface area (Å²) < 4.78 is 24.7. The number of ether oxygens (including phenoxy) is 2. The van der Waals surface area contributed by atoms with Gasteiger partial charge in [-0.15, -0.1) is 11.3 Å². The molecule has 2 aromatic rings. The number of amidine groups is 1. The molecule has 12 heteroatoms. The number of morpholine rings is 1. The van der Waals surface area contributed by atoms with Gasteiger partial charge in [0.05, 0.1) is 31.0 Å². The topological polar surface area (TPSA) is 137 Å². The Bertz CT molecular complexity index is 1220. The van der Waals surface area contributed by atoms with E-state index in [1.54, 1.807) is 23.4 Å². The van der Waals surface area contributed by atoms with E-state index in [9.17, 15) is 24.3 Å². The SMILES string of the molecule is CCOC(=O)C1=C(CN2CCOC[C@H]2C(=O)O)NC(c2nccs2)=N[C@H]1c1ccc(F)c(C#N)c1. The van der Waals surface area contributed by atoms with Crippen molar-refractivity contribution in [1.82, 2.24) is 15.2 Å². The summed E-state index contributed by atoms with van der Waals surface area (Å²) in [5, 5.41) is 24.5. The number of aliphatic imine (C=N–C) groups is 1. The van der Waals surface area contributed by atoms with E-state index in [0.29, 0.717) is 35.3 Å². The molecule has 1 saturated heterocycles. The number of nitrogens with zero attached hydrogens (tertiary/aromatic N) is 4. The second kappa shape index (κ2) is 10.7. The summed E-state index contributed by atoms with van der Waals surface area (Å²) in [7, 11) is 0. The predicted molar refractivity (Wildman–Crippen MR) is 123 cm³/mol. The molecule has 4 rings (SSSR count). The van der Waals surface area contributed by atoms with Crippen LogP contribution in [0.15, 0.2) is 46.0 Å². The van der Waals surface area contributed by atoms with Gasteiger partial charge in [0, 0.05) is 30.4 Å². The van der Waals surface area contributed by atoms with E-state index < -0.39 is 29.8 Å². The van der Waals surface area contributed by atoms with Gasteiger partial charge < -0.3 is 19.9 Å². The van der Waals surface area contributed by atoms with Crippen molar-refractivity contribution in [3.05, 3.63) is 63.0 Å². The summed E-state index contributed by atoms with van der Waals surface area (Å²) in [6, 6.07) is 3.93. The molecule has 2 aliphatic rings. The van der Waals surface area contributed by atoms with Crippen LogP contribution in [0.5, 0.6) is 0 Å². The first-order valence-corrected chi connectivity index (χ1v) is 11.7. The van der Waals surface area contributed by atoms with E-state index in [2.05, 4.69) is 15.3 Å². The van der Waals surface area contributed by atoms with Gasteiger partial charge >= 0.3 is 11.9 Å². The van der Waals surface area contributed by atoms with E-state index >= 15 is 0 Å². The lowest BCUT2D eigenvalue weighted by atomic mass is 9.94. The Hall–Kier alpha value is -3.66. The van der Waals surface area contributed by atoms with Crippen LogP contribution < -0.4 is 5.32 Å². The Morgan fingerprint density at radius 2 is 2.29 bits per heavy atom. The van der Waals surface area contributed by atoms with Gasteiger partial charge in [0.15, 0.2) is 10.8 Å². The van der Waals surface area contributed by atoms with Crippen LogP contribution in [-0.4, -0.2) is 71.7 Å². The van der Waals surface area contributed by atoms with Crippen LogP contribution in [-0.2, 0) is 19.1 Å². The second-order valence-electron chi connectivity index (χ2n) is 7.71. The predicted octanol–water partition coefficient (Wildman–Crippen LogP) is 1.85. The third kappa shape index (κ3) is 5.22. The smallest absolute Gasteiger partial charge is 0.338 e.